The molecule has 9 nitrogen and oxygen atoms in total. The first-order valence-corrected chi connectivity index (χ1v) is 6.63. The van der Waals surface area contributed by atoms with E-state index < -0.39 is 4.92 Å². The molecule has 0 aliphatic carbocycles. The summed E-state index contributed by atoms with van der Waals surface area (Å²) in [6.07, 6.45) is 0. The SMILES string of the molecule is COc1nc(N(C)CCN(C)C)c([N+](=O)[O-])cc1NC(C)=O.Cl. The van der Waals surface area contributed by atoms with Crippen molar-refractivity contribution in [2.45, 2.75) is 6.92 Å². The number of nitro groups is 1. The Kier molecular flexibility index (Phi) is 8.27. The van der Waals surface area contributed by atoms with Gasteiger partial charge in [-0.2, -0.15) is 4.98 Å². The van der Waals surface area contributed by atoms with E-state index in [2.05, 4.69) is 10.3 Å². The molecule has 1 rings (SSSR count). The zero-order valence-corrected chi connectivity index (χ0v) is 14.6. The lowest BCUT2D eigenvalue weighted by Crippen LogP contribution is -2.29. The van der Waals surface area contributed by atoms with Crippen molar-refractivity contribution in [2.75, 3.05) is 51.6 Å². The van der Waals surface area contributed by atoms with Gasteiger partial charge in [-0.1, -0.05) is 0 Å². The van der Waals surface area contributed by atoms with Crippen LogP contribution >= 0.6 is 12.4 Å². The van der Waals surface area contributed by atoms with Crippen molar-refractivity contribution in [1.82, 2.24) is 9.88 Å². The largest absolute Gasteiger partial charge is 0.479 e. The van der Waals surface area contributed by atoms with Crippen LogP contribution in [0.3, 0.4) is 0 Å². The fraction of sp³-hybridized carbons (Fsp3) is 0.538. The lowest BCUT2D eigenvalue weighted by Gasteiger charge is -2.21. The van der Waals surface area contributed by atoms with Crippen LogP contribution in [0.1, 0.15) is 6.92 Å². The van der Waals surface area contributed by atoms with Crippen molar-refractivity contribution in [1.29, 1.82) is 0 Å². The number of hydrogen-bond acceptors (Lipinski definition) is 7. The van der Waals surface area contributed by atoms with Crippen molar-refractivity contribution in [3.8, 4) is 5.88 Å². The van der Waals surface area contributed by atoms with E-state index in [1.54, 1.807) is 11.9 Å². The predicted octanol–water partition coefficient (Wildman–Crippen LogP) is 1.38. The minimum absolute atomic E-state index is 0. The fourth-order valence-electron chi connectivity index (χ4n) is 1.78. The number of nitrogens with zero attached hydrogens (tertiary/aromatic N) is 4. The van der Waals surface area contributed by atoms with Crippen molar-refractivity contribution in [3.63, 3.8) is 0 Å². The Morgan fingerprint density at radius 1 is 1.39 bits per heavy atom. The number of carbonyl (C=O) groups excluding carboxylic acids is 1. The van der Waals surface area contributed by atoms with E-state index in [0.717, 1.165) is 0 Å². The maximum Gasteiger partial charge on any atom is 0.313 e. The summed E-state index contributed by atoms with van der Waals surface area (Å²) in [6, 6.07) is 1.26. The number of aromatic nitrogens is 1. The number of pyridine rings is 1. The first-order valence-electron chi connectivity index (χ1n) is 6.63. The topological polar surface area (TPSA) is 101 Å². The van der Waals surface area contributed by atoms with Crippen LogP contribution in [0.5, 0.6) is 5.88 Å². The van der Waals surface area contributed by atoms with Crippen molar-refractivity contribution >= 4 is 35.5 Å². The molecule has 1 N–H and O–H groups in total. The van der Waals surface area contributed by atoms with E-state index in [-0.39, 0.29) is 41.4 Å². The van der Waals surface area contributed by atoms with Gasteiger partial charge in [-0.05, 0) is 14.1 Å². The number of halogens is 1. The second-order valence-corrected chi connectivity index (χ2v) is 5.05. The summed E-state index contributed by atoms with van der Waals surface area (Å²) >= 11 is 0. The molecule has 0 saturated carbocycles. The first-order chi connectivity index (χ1) is 10.3. The molecule has 0 bridgehead atoms. The summed E-state index contributed by atoms with van der Waals surface area (Å²) in [5.41, 5.74) is -0.0164. The zero-order valence-electron chi connectivity index (χ0n) is 13.8. The van der Waals surface area contributed by atoms with Crippen LogP contribution in [0.2, 0.25) is 0 Å². The molecule has 0 spiro atoms. The molecular formula is C13H22ClN5O4. The maximum atomic E-state index is 11.3. The van der Waals surface area contributed by atoms with Crippen LogP contribution in [-0.4, -0.2) is 62.1 Å². The van der Waals surface area contributed by atoms with Gasteiger partial charge < -0.3 is 19.9 Å². The highest BCUT2D eigenvalue weighted by Crippen LogP contribution is 2.34. The van der Waals surface area contributed by atoms with E-state index in [1.165, 1.54) is 20.1 Å². The van der Waals surface area contributed by atoms with Crippen molar-refractivity contribution in [3.05, 3.63) is 16.2 Å². The van der Waals surface area contributed by atoms with E-state index in [9.17, 15) is 14.9 Å². The highest BCUT2D eigenvalue weighted by Gasteiger charge is 2.24. The number of carbonyl (C=O) groups is 1. The Balaban J connectivity index is 0.00000484. The van der Waals surface area contributed by atoms with Gasteiger partial charge in [0.1, 0.15) is 5.69 Å². The first kappa shape index (κ1) is 20.9. The summed E-state index contributed by atoms with van der Waals surface area (Å²) in [6.45, 7) is 2.58. The minimum Gasteiger partial charge on any atom is -0.479 e. The third-order valence-electron chi connectivity index (χ3n) is 2.89. The number of amides is 1. The van der Waals surface area contributed by atoms with Crippen LogP contribution in [0.4, 0.5) is 17.2 Å². The zero-order chi connectivity index (χ0) is 16.9. The quantitative estimate of drug-likeness (QED) is 0.587. The Morgan fingerprint density at radius 2 is 2.00 bits per heavy atom. The molecular weight excluding hydrogens is 326 g/mol. The van der Waals surface area contributed by atoms with Gasteiger partial charge in [0.25, 0.3) is 0 Å². The predicted molar refractivity (Wildman–Crippen MR) is 90.8 cm³/mol. The van der Waals surface area contributed by atoms with Crippen LogP contribution in [-0.2, 0) is 4.79 Å². The smallest absolute Gasteiger partial charge is 0.313 e. The number of rotatable bonds is 7. The average molecular weight is 348 g/mol. The molecule has 0 aliphatic rings. The van der Waals surface area contributed by atoms with Crippen LogP contribution in [0.15, 0.2) is 6.07 Å². The number of likely N-dealkylation sites (N-methyl/N-ethyl adjacent to an activating group) is 2. The number of hydrogen-bond donors (Lipinski definition) is 1. The molecule has 1 aromatic heterocycles. The summed E-state index contributed by atoms with van der Waals surface area (Å²) in [5, 5.41) is 13.8. The Bertz CT molecular complexity index is 568. The number of methoxy groups -OCH3 is 1. The summed E-state index contributed by atoms with van der Waals surface area (Å²) < 4.78 is 5.11. The van der Waals surface area contributed by atoms with Crippen LogP contribution < -0.4 is 15.0 Å². The molecule has 0 radical (unpaired) electrons. The highest BCUT2D eigenvalue weighted by molar-refractivity contribution is 5.91. The fourth-order valence-corrected chi connectivity index (χ4v) is 1.78. The molecule has 1 heterocycles. The molecule has 0 aliphatic heterocycles. The Labute approximate surface area is 141 Å². The second kappa shape index (κ2) is 9.11. The number of ether oxygens (including phenoxy) is 1. The summed E-state index contributed by atoms with van der Waals surface area (Å²) in [4.78, 5) is 29.7. The number of anilines is 2. The lowest BCUT2D eigenvalue weighted by atomic mass is 10.3. The molecule has 1 aromatic rings. The monoisotopic (exact) mass is 347 g/mol. The molecule has 1 amide bonds. The average Bonchev–Trinajstić information content (AvgIpc) is 2.43. The standard InChI is InChI=1S/C13H21N5O4.ClH/c1-9(19)14-10-8-11(18(20)21)12(15-13(10)22-5)17(4)7-6-16(2)3;/h8H,6-7H2,1-5H3,(H,14,19);1H. The molecule has 23 heavy (non-hydrogen) atoms. The van der Waals surface area contributed by atoms with E-state index in [0.29, 0.717) is 13.1 Å². The van der Waals surface area contributed by atoms with Gasteiger partial charge in [0, 0.05) is 33.1 Å². The Morgan fingerprint density at radius 3 is 2.43 bits per heavy atom. The van der Waals surface area contributed by atoms with Gasteiger partial charge >= 0.3 is 5.69 Å². The molecule has 130 valence electrons. The molecule has 10 heteroatoms. The van der Waals surface area contributed by atoms with E-state index >= 15 is 0 Å². The molecule has 0 saturated heterocycles. The minimum atomic E-state index is -0.529. The van der Waals surface area contributed by atoms with Crippen LogP contribution in [0, 0.1) is 10.1 Å². The van der Waals surface area contributed by atoms with Gasteiger partial charge in [-0.25, -0.2) is 0 Å². The molecule has 0 fully saturated rings. The summed E-state index contributed by atoms with van der Waals surface area (Å²) in [5.74, 6) is -0.0339. The van der Waals surface area contributed by atoms with Gasteiger partial charge in [-0.3, -0.25) is 14.9 Å². The van der Waals surface area contributed by atoms with Gasteiger partial charge in [0.15, 0.2) is 0 Å². The van der Waals surface area contributed by atoms with Crippen LogP contribution in [0.25, 0.3) is 0 Å². The highest BCUT2D eigenvalue weighted by atomic mass is 35.5. The lowest BCUT2D eigenvalue weighted by molar-refractivity contribution is -0.384. The van der Waals surface area contributed by atoms with E-state index in [1.807, 2.05) is 19.0 Å². The molecule has 0 unspecified atom stereocenters. The third kappa shape index (κ3) is 5.87. The summed E-state index contributed by atoms with van der Waals surface area (Å²) in [7, 11) is 6.94. The van der Waals surface area contributed by atoms with Gasteiger partial charge in [-0.15, -0.1) is 12.4 Å². The van der Waals surface area contributed by atoms with Gasteiger partial charge in [0.05, 0.1) is 12.0 Å². The van der Waals surface area contributed by atoms with Crippen molar-refractivity contribution < 1.29 is 14.5 Å². The molecule has 0 aromatic carbocycles. The normalized spacial score (nSPS) is 10.0. The van der Waals surface area contributed by atoms with Crippen molar-refractivity contribution in [2.24, 2.45) is 0 Å². The Hall–Kier alpha value is -2.13. The second-order valence-electron chi connectivity index (χ2n) is 5.05. The number of nitrogens with one attached hydrogen (secondary N) is 1. The third-order valence-corrected chi connectivity index (χ3v) is 2.89. The maximum absolute atomic E-state index is 11.3. The molecule has 0 atom stereocenters. The van der Waals surface area contributed by atoms with E-state index in [4.69, 9.17) is 4.74 Å². The van der Waals surface area contributed by atoms with Gasteiger partial charge in [0.2, 0.25) is 17.6 Å².